The Morgan fingerprint density at radius 2 is 1.47 bits per heavy atom. The van der Waals surface area contributed by atoms with Crippen molar-refractivity contribution in [2.24, 2.45) is 0 Å². The average Bonchev–Trinajstić information content (AvgIpc) is 2.29. The lowest BCUT2D eigenvalue weighted by atomic mass is 10.4. The molecule has 0 bridgehead atoms. The Morgan fingerprint density at radius 3 is 1.47 bits per heavy atom. The second-order valence-electron chi connectivity index (χ2n) is 2.57. The number of aliphatic hydroxyl groups is 3. The average molecular weight is 254 g/mol. The first-order valence-corrected chi connectivity index (χ1v) is 4.28. The minimum Gasteiger partial charge on any atom is -0.478 e. The van der Waals surface area contributed by atoms with Crippen molar-refractivity contribution in [3.8, 4) is 0 Å². The highest BCUT2D eigenvalue weighted by molar-refractivity contribution is 5.84. The van der Waals surface area contributed by atoms with Crippen LogP contribution in [0.2, 0.25) is 0 Å². The van der Waals surface area contributed by atoms with E-state index in [0.717, 1.165) is 7.11 Å². The van der Waals surface area contributed by atoms with Crippen molar-refractivity contribution in [3.05, 3.63) is 12.2 Å². The van der Waals surface area contributed by atoms with Crippen molar-refractivity contribution < 1.29 is 39.9 Å². The molecular formula is C9H18O8. The SMILES string of the molecule is C=C(C)C(=O)O.COC(=O)O.OCC(O)CO. The first-order valence-electron chi connectivity index (χ1n) is 4.28. The molecule has 0 rings (SSSR count). The van der Waals surface area contributed by atoms with Gasteiger partial charge < -0.3 is 30.3 Å². The number of ether oxygens (including phenoxy) is 1. The standard InChI is InChI=1S/C4H6O2.C3H8O3.C2H4O3/c1-3(2)4(5)6;4-1-3(6)2-5;1-5-2(3)4/h1H2,2H3,(H,5,6);3-6H,1-2H2;1H3,(H,3,4). The van der Waals surface area contributed by atoms with Crippen molar-refractivity contribution in [3.63, 3.8) is 0 Å². The Bertz CT molecular complexity index is 209. The number of methoxy groups -OCH3 is 1. The summed E-state index contributed by atoms with van der Waals surface area (Å²) in [7, 11) is 1.10. The lowest BCUT2D eigenvalue weighted by Gasteiger charge is -1.96. The van der Waals surface area contributed by atoms with Crippen molar-refractivity contribution >= 4 is 12.1 Å². The van der Waals surface area contributed by atoms with Gasteiger partial charge in [0.25, 0.3) is 0 Å². The third-order valence-corrected chi connectivity index (χ3v) is 0.961. The topological polar surface area (TPSA) is 145 Å². The summed E-state index contributed by atoms with van der Waals surface area (Å²) in [6.07, 6.45) is -2.20. The van der Waals surface area contributed by atoms with Gasteiger partial charge in [0.1, 0.15) is 6.10 Å². The van der Waals surface area contributed by atoms with Crippen LogP contribution in [0.5, 0.6) is 0 Å². The molecule has 0 radical (unpaired) electrons. The summed E-state index contributed by atoms with van der Waals surface area (Å²) < 4.78 is 3.67. The van der Waals surface area contributed by atoms with Gasteiger partial charge in [0.2, 0.25) is 0 Å². The molecule has 102 valence electrons. The van der Waals surface area contributed by atoms with Crippen molar-refractivity contribution in [1.82, 2.24) is 0 Å². The molecule has 5 N–H and O–H groups in total. The molecular weight excluding hydrogens is 236 g/mol. The van der Waals surface area contributed by atoms with Gasteiger partial charge in [-0.15, -0.1) is 0 Å². The van der Waals surface area contributed by atoms with E-state index in [-0.39, 0.29) is 18.8 Å². The molecule has 0 atom stereocenters. The molecule has 17 heavy (non-hydrogen) atoms. The Morgan fingerprint density at radius 1 is 1.24 bits per heavy atom. The van der Waals surface area contributed by atoms with Gasteiger partial charge in [0.15, 0.2) is 0 Å². The van der Waals surface area contributed by atoms with Gasteiger partial charge in [-0.05, 0) is 6.92 Å². The molecule has 0 aromatic carbocycles. The fourth-order valence-electron chi connectivity index (χ4n) is 0.0577. The molecule has 0 aromatic rings. The second kappa shape index (κ2) is 14.4. The lowest BCUT2D eigenvalue weighted by molar-refractivity contribution is -0.132. The molecule has 0 aliphatic carbocycles. The Balaban J connectivity index is -0.000000174. The predicted molar refractivity (Wildman–Crippen MR) is 57.7 cm³/mol. The van der Waals surface area contributed by atoms with Gasteiger partial charge >= 0.3 is 12.1 Å². The van der Waals surface area contributed by atoms with Crippen LogP contribution in [0.25, 0.3) is 0 Å². The normalized spacial score (nSPS) is 8.12. The molecule has 0 aliphatic rings. The van der Waals surface area contributed by atoms with Crippen LogP contribution in [0.15, 0.2) is 12.2 Å². The summed E-state index contributed by atoms with van der Waals surface area (Å²) in [6, 6.07) is 0. The number of carbonyl (C=O) groups is 2. The van der Waals surface area contributed by atoms with Crippen LogP contribution in [0.4, 0.5) is 4.79 Å². The number of aliphatic carboxylic acids is 1. The van der Waals surface area contributed by atoms with Gasteiger partial charge in [-0.1, -0.05) is 6.58 Å². The Kier molecular flexibility index (Phi) is 17.5. The molecule has 0 spiro atoms. The van der Waals surface area contributed by atoms with E-state index < -0.39 is 18.2 Å². The Hall–Kier alpha value is -1.64. The molecule has 0 aliphatic heterocycles. The largest absolute Gasteiger partial charge is 0.505 e. The third-order valence-electron chi connectivity index (χ3n) is 0.961. The summed E-state index contributed by atoms with van der Waals surface area (Å²) in [5, 5.41) is 39.4. The number of aliphatic hydroxyl groups excluding tert-OH is 3. The summed E-state index contributed by atoms with van der Waals surface area (Å²) >= 11 is 0. The van der Waals surface area contributed by atoms with Gasteiger partial charge in [-0.3, -0.25) is 0 Å². The molecule has 0 unspecified atom stereocenters. The summed E-state index contributed by atoms with van der Waals surface area (Å²) in [6.45, 7) is 3.87. The number of hydrogen-bond acceptors (Lipinski definition) is 6. The Labute approximate surface area is 98.4 Å². The molecule has 0 amide bonds. The van der Waals surface area contributed by atoms with Gasteiger partial charge in [0, 0.05) is 5.57 Å². The van der Waals surface area contributed by atoms with E-state index >= 15 is 0 Å². The van der Waals surface area contributed by atoms with E-state index in [1.54, 1.807) is 0 Å². The maximum absolute atomic E-state index is 9.60. The number of carboxylic acids is 1. The quantitative estimate of drug-likeness (QED) is 0.328. The summed E-state index contributed by atoms with van der Waals surface area (Å²) in [5.74, 6) is -0.935. The predicted octanol–water partition coefficient (Wildman–Crippen LogP) is -0.710. The fraction of sp³-hybridized carbons (Fsp3) is 0.556. The highest BCUT2D eigenvalue weighted by atomic mass is 16.6. The molecule has 0 saturated carbocycles. The van der Waals surface area contributed by atoms with Crippen LogP contribution in [0, 0.1) is 0 Å². The molecule has 8 heteroatoms. The fourth-order valence-corrected chi connectivity index (χ4v) is 0.0577. The van der Waals surface area contributed by atoms with Gasteiger partial charge in [-0.25, -0.2) is 9.59 Å². The lowest BCUT2D eigenvalue weighted by Crippen LogP contribution is -2.15. The van der Waals surface area contributed by atoms with Crippen LogP contribution in [0.3, 0.4) is 0 Å². The molecule has 0 aromatic heterocycles. The van der Waals surface area contributed by atoms with Crippen LogP contribution < -0.4 is 0 Å². The minimum absolute atomic E-state index is 0.176. The van der Waals surface area contributed by atoms with Crippen LogP contribution >= 0.6 is 0 Å². The first-order chi connectivity index (χ1) is 7.72. The monoisotopic (exact) mass is 254 g/mol. The third kappa shape index (κ3) is 31.4. The van der Waals surface area contributed by atoms with Crippen molar-refractivity contribution in [1.29, 1.82) is 0 Å². The number of hydrogen-bond donors (Lipinski definition) is 5. The zero-order valence-corrected chi connectivity index (χ0v) is 9.66. The van der Waals surface area contributed by atoms with Crippen LogP contribution in [0.1, 0.15) is 6.92 Å². The maximum atomic E-state index is 9.60. The highest BCUT2D eigenvalue weighted by Gasteiger charge is 1.93. The highest BCUT2D eigenvalue weighted by Crippen LogP contribution is 1.81. The zero-order valence-electron chi connectivity index (χ0n) is 9.66. The van der Waals surface area contributed by atoms with E-state index in [1.807, 2.05) is 0 Å². The van der Waals surface area contributed by atoms with Crippen molar-refractivity contribution in [2.45, 2.75) is 13.0 Å². The van der Waals surface area contributed by atoms with E-state index in [1.165, 1.54) is 6.92 Å². The van der Waals surface area contributed by atoms with Crippen molar-refractivity contribution in [2.75, 3.05) is 20.3 Å². The van der Waals surface area contributed by atoms with Crippen LogP contribution in [-0.4, -0.2) is 64.1 Å². The zero-order chi connectivity index (χ0) is 14.4. The van der Waals surface area contributed by atoms with E-state index in [2.05, 4.69) is 11.3 Å². The second-order valence-corrected chi connectivity index (χ2v) is 2.57. The van der Waals surface area contributed by atoms with E-state index in [0.29, 0.717) is 0 Å². The van der Waals surface area contributed by atoms with E-state index in [4.69, 9.17) is 30.3 Å². The summed E-state index contributed by atoms with van der Waals surface area (Å²) in [5.41, 5.74) is 0.176. The van der Waals surface area contributed by atoms with E-state index in [9.17, 15) is 4.79 Å². The molecule has 0 heterocycles. The number of rotatable bonds is 3. The first kappa shape index (κ1) is 20.7. The molecule has 0 saturated heterocycles. The molecule has 0 fully saturated rings. The van der Waals surface area contributed by atoms with Crippen LogP contribution in [-0.2, 0) is 9.53 Å². The van der Waals surface area contributed by atoms with Gasteiger partial charge in [0.05, 0.1) is 20.3 Å². The summed E-state index contributed by atoms with van der Waals surface area (Å²) in [4.78, 5) is 18.7. The number of carboxylic acid groups (broad SMARTS) is 2. The molecule has 8 nitrogen and oxygen atoms in total. The minimum atomic E-state index is -1.25. The van der Waals surface area contributed by atoms with Gasteiger partial charge in [-0.2, -0.15) is 0 Å². The smallest absolute Gasteiger partial charge is 0.478 e. The maximum Gasteiger partial charge on any atom is 0.505 e.